The minimum absolute atomic E-state index is 0.0614. The Morgan fingerprint density at radius 3 is 2.65 bits per heavy atom. The van der Waals surface area contributed by atoms with Crippen LogP contribution in [0.1, 0.15) is 17.3 Å². The fourth-order valence-electron chi connectivity index (χ4n) is 2.91. The summed E-state index contributed by atoms with van der Waals surface area (Å²) in [6, 6.07) is 8.49. The normalized spacial score (nSPS) is 17.0. The third kappa shape index (κ3) is 2.61. The van der Waals surface area contributed by atoms with E-state index < -0.39 is 23.7 Å². The number of aliphatic imine (C=N–C) groups is 1. The van der Waals surface area contributed by atoms with Crippen LogP contribution in [0.15, 0.2) is 45.9 Å². The molecule has 0 radical (unpaired) electrons. The molecule has 3 aromatic rings. The number of halogens is 5. The molecule has 1 aromatic heterocycles. The van der Waals surface area contributed by atoms with Gasteiger partial charge in [-0.25, -0.2) is 14.4 Å². The first-order chi connectivity index (χ1) is 12.3. The maximum Gasteiger partial charge on any atom is 0.417 e. The minimum Gasteiger partial charge on any atom is -0.370 e. The van der Waals surface area contributed by atoms with Gasteiger partial charge in [0.15, 0.2) is 12.1 Å². The molecule has 0 aliphatic carbocycles. The molecule has 0 fully saturated rings. The number of anilines is 1. The number of nitrogens with one attached hydrogen (secondary N) is 1. The average Bonchev–Trinajstić information content (AvgIpc) is 2.91. The smallest absolute Gasteiger partial charge is 0.370 e. The van der Waals surface area contributed by atoms with Crippen molar-refractivity contribution in [2.75, 3.05) is 5.32 Å². The van der Waals surface area contributed by atoms with Gasteiger partial charge >= 0.3 is 6.18 Å². The van der Waals surface area contributed by atoms with Crippen molar-refractivity contribution < 1.29 is 17.6 Å². The molecule has 1 unspecified atom stereocenters. The highest BCUT2D eigenvalue weighted by molar-refractivity contribution is 9.10. The fraction of sp³-hybridized carbons (Fsp3) is 0.125. The van der Waals surface area contributed by atoms with Gasteiger partial charge in [-0.15, -0.1) is 0 Å². The molecule has 1 aliphatic rings. The second kappa shape index (κ2) is 5.70. The van der Waals surface area contributed by atoms with Gasteiger partial charge in [-0.05, 0) is 24.3 Å². The molecule has 0 amide bonds. The Balaban J connectivity index is 1.98. The molecule has 134 valence electrons. The lowest BCUT2D eigenvalue weighted by molar-refractivity contribution is -0.138. The molecule has 2 aromatic carbocycles. The van der Waals surface area contributed by atoms with E-state index in [1.54, 1.807) is 24.3 Å². The maximum atomic E-state index is 14.6. The van der Waals surface area contributed by atoms with Crippen LogP contribution in [0, 0.1) is 5.82 Å². The van der Waals surface area contributed by atoms with Crippen LogP contribution >= 0.6 is 15.9 Å². The van der Waals surface area contributed by atoms with E-state index in [2.05, 4.69) is 31.2 Å². The number of guanidine groups is 1. The topological polar surface area (TPSA) is 68.2 Å². The second-order valence-electron chi connectivity index (χ2n) is 5.66. The van der Waals surface area contributed by atoms with Gasteiger partial charge in [-0.3, -0.25) is 9.88 Å². The lowest BCUT2D eigenvalue weighted by Crippen LogP contribution is -2.32. The number of nitrogens with zero attached hydrogens (tertiary/aromatic N) is 3. The average molecular weight is 428 g/mol. The standard InChI is InChI=1S/C16H10BrF4N5/c17-9-6-10(18)7(5-8(9)16(19,20)21)13-24-14(22)25-15-23-11-3-1-2-4-12(11)26(13)15/h1-6,13H,(H3,22,23,24,25). The number of hydrogen-bond donors (Lipinski definition) is 2. The first-order valence-corrected chi connectivity index (χ1v) is 8.18. The van der Waals surface area contributed by atoms with E-state index in [0.717, 1.165) is 12.1 Å². The SMILES string of the molecule is NC1=NC(c2cc(C(F)(F)F)c(Br)cc2F)n2c(nc3ccccc32)N1. The molecular weight excluding hydrogens is 418 g/mol. The highest BCUT2D eigenvalue weighted by atomic mass is 79.9. The summed E-state index contributed by atoms with van der Waals surface area (Å²) in [6.45, 7) is 0. The van der Waals surface area contributed by atoms with E-state index in [0.29, 0.717) is 11.0 Å². The molecule has 0 saturated heterocycles. The van der Waals surface area contributed by atoms with Crippen LogP contribution in [-0.4, -0.2) is 15.5 Å². The molecule has 0 bridgehead atoms. The number of alkyl halides is 3. The van der Waals surface area contributed by atoms with E-state index in [1.807, 2.05) is 0 Å². The van der Waals surface area contributed by atoms with Crippen LogP contribution in [0.4, 0.5) is 23.5 Å². The molecule has 1 atom stereocenters. The Hall–Kier alpha value is -2.62. The zero-order valence-corrected chi connectivity index (χ0v) is 14.4. The third-order valence-corrected chi connectivity index (χ3v) is 4.67. The molecule has 10 heteroatoms. The first kappa shape index (κ1) is 16.8. The van der Waals surface area contributed by atoms with E-state index in [-0.39, 0.29) is 21.9 Å². The van der Waals surface area contributed by atoms with Gasteiger partial charge in [0.1, 0.15) is 5.82 Å². The number of rotatable bonds is 1. The summed E-state index contributed by atoms with van der Waals surface area (Å²) in [6.07, 6.45) is -5.77. The molecule has 1 aliphatic heterocycles. The molecule has 2 heterocycles. The maximum absolute atomic E-state index is 14.6. The Morgan fingerprint density at radius 2 is 1.92 bits per heavy atom. The van der Waals surface area contributed by atoms with Crippen molar-refractivity contribution in [1.29, 1.82) is 0 Å². The summed E-state index contributed by atoms with van der Waals surface area (Å²) in [7, 11) is 0. The number of imidazole rings is 1. The van der Waals surface area contributed by atoms with Crippen molar-refractivity contribution in [3.05, 3.63) is 57.8 Å². The lowest BCUT2D eigenvalue weighted by atomic mass is 10.1. The fourth-order valence-corrected chi connectivity index (χ4v) is 3.45. The van der Waals surface area contributed by atoms with Crippen molar-refractivity contribution in [1.82, 2.24) is 9.55 Å². The predicted octanol–water partition coefficient (Wildman–Crippen LogP) is 4.24. The first-order valence-electron chi connectivity index (χ1n) is 7.39. The summed E-state index contributed by atoms with van der Waals surface area (Å²) >= 11 is 2.76. The Kier molecular flexibility index (Phi) is 3.69. The quantitative estimate of drug-likeness (QED) is 0.570. The van der Waals surface area contributed by atoms with Gasteiger partial charge in [0.2, 0.25) is 5.95 Å². The number of hydrogen-bond acceptors (Lipinski definition) is 4. The number of nitrogens with two attached hydrogens (primary N) is 1. The van der Waals surface area contributed by atoms with Crippen molar-refractivity contribution in [3.8, 4) is 0 Å². The zero-order chi connectivity index (χ0) is 18.6. The summed E-state index contributed by atoms with van der Waals surface area (Å²) in [5.74, 6) is -0.620. The second-order valence-corrected chi connectivity index (χ2v) is 6.51. The highest BCUT2D eigenvalue weighted by Crippen LogP contribution is 2.40. The highest BCUT2D eigenvalue weighted by Gasteiger charge is 2.36. The van der Waals surface area contributed by atoms with E-state index in [4.69, 9.17) is 5.73 Å². The van der Waals surface area contributed by atoms with E-state index in [9.17, 15) is 17.6 Å². The minimum atomic E-state index is -4.65. The monoisotopic (exact) mass is 427 g/mol. The largest absolute Gasteiger partial charge is 0.417 e. The summed E-state index contributed by atoms with van der Waals surface area (Å²) < 4.78 is 55.4. The molecule has 5 nitrogen and oxygen atoms in total. The molecule has 0 spiro atoms. The number of aromatic nitrogens is 2. The van der Waals surface area contributed by atoms with Gasteiger partial charge in [-0.1, -0.05) is 28.1 Å². The molecule has 4 rings (SSSR count). The Bertz CT molecular complexity index is 1060. The Labute approximate surface area is 152 Å². The molecule has 3 N–H and O–H groups in total. The van der Waals surface area contributed by atoms with Gasteiger partial charge in [0.05, 0.1) is 16.6 Å². The summed E-state index contributed by atoms with van der Waals surface area (Å²) in [5, 5.41) is 2.75. The lowest BCUT2D eigenvalue weighted by Gasteiger charge is -2.25. The van der Waals surface area contributed by atoms with Gasteiger partial charge in [-0.2, -0.15) is 13.2 Å². The van der Waals surface area contributed by atoms with Crippen molar-refractivity contribution in [2.45, 2.75) is 12.3 Å². The van der Waals surface area contributed by atoms with Crippen LogP contribution in [0.5, 0.6) is 0 Å². The van der Waals surface area contributed by atoms with Crippen LogP contribution in [-0.2, 0) is 6.18 Å². The van der Waals surface area contributed by atoms with Crippen molar-refractivity contribution in [3.63, 3.8) is 0 Å². The van der Waals surface area contributed by atoms with Crippen LogP contribution in [0.3, 0.4) is 0 Å². The third-order valence-electron chi connectivity index (χ3n) is 4.01. The number of benzene rings is 2. The van der Waals surface area contributed by atoms with Gasteiger partial charge < -0.3 is 5.73 Å². The zero-order valence-electron chi connectivity index (χ0n) is 12.9. The predicted molar refractivity (Wildman–Crippen MR) is 92.2 cm³/mol. The van der Waals surface area contributed by atoms with Crippen molar-refractivity contribution in [2.24, 2.45) is 10.7 Å². The van der Waals surface area contributed by atoms with E-state index >= 15 is 0 Å². The molecule has 26 heavy (non-hydrogen) atoms. The summed E-state index contributed by atoms with van der Waals surface area (Å²) in [4.78, 5) is 8.45. The van der Waals surface area contributed by atoms with Crippen LogP contribution in [0.2, 0.25) is 0 Å². The van der Waals surface area contributed by atoms with E-state index in [1.165, 1.54) is 4.57 Å². The van der Waals surface area contributed by atoms with Gasteiger partial charge in [0.25, 0.3) is 0 Å². The van der Waals surface area contributed by atoms with Crippen LogP contribution < -0.4 is 11.1 Å². The van der Waals surface area contributed by atoms with Gasteiger partial charge in [0, 0.05) is 10.0 Å². The molecular formula is C16H10BrF4N5. The number of fused-ring (bicyclic) bond motifs is 3. The number of para-hydroxylation sites is 2. The molecule has 0 saturated carbocycles. The van der Waals surface area contributed by atoms with Crippen LogP contribution in [0.25, 0.3) is 11.0 Å². The summed E-state index contributed by atoms with van der Waals surface area (Å²) in [5.41, 5.74) is 5.66. The van der Waals surface area contributed by atoms with Crippen molar-refractivity contribution >= 4 is 38.9 Å². The Morgan fingerprint density at radius 1 is 1.19 bits per heavy atom.